The van der Waals surface area contributed by atoms with Gasteiger partial charge in [0, 0.05) is 7.05 Å². The van der Waals surface area contributed by atoms with Crippen LogP contribution in [0.3, 0.4) is 0 Å². The summed E-state index contributed by atoms with van der Waals surface area (Å²) >= 11 is 0. The van der Waals surface area contributed by atoms with E-state index in [1.807, 2.05) is 20.8 Å². The largest absolute Gasteiger partial charge is 0.508 e. The number of ether oxygens (including phenoxy) is 5. The lowest BCUT2D eigenvalue weighted by Gasteiger charge is -2.20. The summed E-state index contributed by atoms with van der Waals surface area (Å²) in [6, 6.07) is 0. The SMILES string of the molecule is CCCCOC(=O)CN(C)C(N)=NP(=O)(OCCOC(=O)OCCCC)OCCOC(=O)OCCCC. The van der Waals surface area contributed by atoms with Crippen LogP contribution in [0.4, 0.5) is 9.59 Å². The Hall–Kier alpha value is -2.57. The minimum Gasteiger partial charge on any atom is -0.464 e. The van der Waals surface area contributed by atoms with Crippen molar-refractivity contribution < 1.29 is 51.7 Å². The average molecular weight is 556 g/mol. The van der Waals surface area contributed by atoms with Crippen LogP contribution in [0.15, 0.2) is 4.76 Å². The Kier molecular flexibility index (Phi) is 20.0. The molecule has 0 spiro atoms. The molecule has 0 fully saturated rings. The normalized spacial score (nSPS) is 11.5. The summed E-state index contributed by atoms with van der Waals surface area (Å²) in [7, 11) is -2.83. The van der Waals surface area contributed by atoms with E-state index in [4.69, 9.17) is 38.5 Å². The number of hydrogen-bond donors (Lipinski definition) is 1. The van der Waals surface area contributed by atoms with E-state index in [0.29, 0.717) is 12.8 Å². The molecule has 0 amide bonds. The fourth-order valence-corrected chi connectivity index (χ4v) is 3.39. The van der Waals surface area contributed by atoms with Crippen molar-refractivity contribution >= 4 is 32.0 Å². The maximum absolute atomic E-state index is 13.1. The second-order valence-corrected chi connectivity index (χ2v) is 9.28. The highest BCUT2D eigenvalue weighted by Crippen LogP contribution is 2.49. The Bertz CT molecular complexity index is 703. The van der Waals surface area contributed by atoms with Gasteiger partial charge < -0.3 is 34.3 Å². The van der Waals surface area contributed by atoms with Gasteiger partial charge in [-0.3, -0.25) is 13.8 Å². The van der Waals surface area contributed by atoms with E-state index in [1.165, 1.54) is 11.9 Å². The van der Waals surface area contributed by atoms with Crippen molar-refractivity contribution in [3.63, 3.8) is 0 Å². The average Bonchev–Trinajstić information content (AvgIpc) is 2.85. The lowest BCUT2D eigenvalue weighted by molar-refractivity contribution is -0.143. The molecule has 0 aliphatic rings. The number of esters is 1. The van der Waals surface area contributed by atoms with Crippen molar-refractivity contribution in [2.45, 2.75) is 59.3 Å². The second-order valence-electron chi connectivity index (χ2n) is 7.62. The van der Waals surface area contributed by atoms with Crippen molar-refractivity contribution in [1.29, 1.82) is 0 Å². The Balaban J connectivity index is 4.94. The molecule has 0 aromatic heterocycles. The van der Waals surface area contributed by atoms with E-state index >= 15 is 0 Å². The topological polar surface area (TPSA) is 175 Å². The van der Waals surface area contributed by atoms with Crippen LogP contribution in [0.2, 0.25) is 0 Å². The highest BCUT2D eigenvalue weighted by molar-refractivity contribution is 7.52. The van der Waals surface area contributed by atoms with Gasteiger partial charge in [0.1, 0.15) is 19.8 Å². The van der Waals surface area contributed by atoms with Crippen molar-refractivity contribution in [1.82, 2.24) is 4.90 Å². The van der Waals surface area contributed by atoms with Crippen LogP contribution in [0.5, 0.6) is 0 Å². The van der Waals surface area contributed by atoms with E-state index < -0.39 is 26.0 Å². The summed E-state index contributed by atoms with van der Waals surface area (Å²) in [5.74, 6) is -0.869. The number of unbranched alkanes of at least 4 members (excludes halogenated alkanes) is 3. The van der Waals surface area contributed by atoms with E-state index in [0.717, 1.165) is 25.7 Å². The third-order valence-electron chi connectivity index (χ3n) is 4.29. The highest BCUT2D eigenvalue weighted by Gasteiger charge is 2.27. The van der Waals surface area contributed by atoms with E-state index in [1.54, 1.807) is 0 Å². The number of hydrogen-bond acceptors (Lipinski definition) is 11. The zero-order valence-corrected chi connectivity index (χ0v) is 23.2. The van der Waals surface area contributed by atoms with Crippen LogP contribution in [0.25, 0.3) is 0 Å². The molecule has 14 nitrogen and oxygen atoms in total. The lowest BCUT2D eigenvalue weighted by Crippen LogP contribution is -2.38. The molecule has 0 heterocycles. The Morgan fingerprint density at radius 3 is 1.54 bits per heavy atom. The van der Waals surface area contributed by atoms with Crippen molar-refractivity contribution in [3.05, 3.63) is 0 Å². The molecule has 0 aliphatic carbocycles. The Morgan fingerprint density at radius 1 is 0.703 bits per heavy atom. The Labute approximate surface area is 218 Å². The highest BCUT2D eigenvalue weighted by atomic mass is 31.2. The van der Waals surface area contributed by atoms with Gasteiger partial charge in [-0.05, 0) is 19.3 Å². The second kappa shape index (κ2) is 21.5. The fourth-order valence-electron chi connectivity index (χ4n) is 2.19. The summed E-state index contributed by atoms with van der Waals surface area (Å²) in [4.78, 5) is 36.1. The van der Waals surface area contributed by atoms with E-state index in [-0.39, 0.29) is 58.8 Å². The van der Waals surface area contributed by atoms with Crippen molar-refractivity contribution in [3.8, 4) is 0 Å². The molecule has 2 N–H and O–H groups in total. The third kappa shape index (κ3) is 19.2. The molecule has 0 aromatic carbocycles. The molecule has 37 heavy (non-hydrogen) atoms. The van der Waals surface area contributed by atoms with Crippen LogP contribution < -0.4 is 5.73 Å². The number of rotatable bonds is 20. The molecule has 0 saturated heterocycles. The van der Waals surface area contributed by atoms with Gasteiger partial charge in [-0.15, -0.1) is 4.76 Å². The maximum Gasteiger partial charge on any atom is 0.508 e. The molecule has 0 aliphatic heterocycles. The van der Waals surface area contributed by atoms with Gasteiger partial charge in [0.05, 0.1) is 33.0 Å². The van der Waals surface area contributed by atoms with Crippen LogP contribution in [0.1, 0.15) is 59.3 Å². The summed E-state index contributed by atoms with van der Waals surface area (Å²) in [6.07, 6.45) is 2.87. The van der Waals surface area contributed by atoms with Gasteiger partial charge in [0.25, 0.3) is 0 Å². The van der Waals surface area contributed by atoms with Gasteiger partial charge in [-0.25, -0.2) is 14.2 Å². The molecule has 0 unspecified atom stereocenters. The van der Waals surface area contributed by atoms with Gasteiger partial charge in [0.15, 0.2) is 0 Å². The Morgan fingerprint density at radius 2 is 1.11 bits per heavy atom. The lowest BCUT2D eigenvalue weighted by atomic mass is 10.4. The fraction of sp³-hybridized carbons (Fsp3) is 0.818. The molecule has 216 valence electrons. The number of likely N-dealkylation sites (N-methyl/N-ethyl adjacent to an activating group) is 1. The molecular weight excluding hydrogens is 513 g/mol. The summed E-state index contributed by atoms with van der Waals surface area (Å²) < 4.78 is 51.8. The third-order valence-corrected chi connectivity index (χ3v) is 5.76. The zero-order valence-electron chi connectivity index (χ0n) is 22.3. The quantitative estimate of drug-likeness (QED) is 0.0576. The molecule has 0 radical (unpaired) electrons. The number of guanidine groups is 1. The molecule has 0 rings (SSSR count). The van der Waals surface area contributed by atoms with Crippen LogP contribution in [-0.4, -0.2) is 89.0 Å². The van der Waals surface area contributed by atoms with Gasteiger partial charge >= 0.3 is 26.0 Å². The molecular formula is C22H42N3O11P. The van der Waals surface area contributed by atoms with Crippen molar-refractivity contribution in [2.75, 3.05) is 59.8 Å². The number of carbonyl (C=O) groups excluding carboxylic acids is 3. The predicted molar refractivity (Wildman–Crippen MR) is 134 cm³/mol. The van der Waals surface area contributed by atoms with Crippen LogP contribution in [0, 0.1) is 0 Å². The monoisotopic (exact) mass is 555 g/mol. The minimum atomic E-state index is -4.27. The van der Waals surface area contributed by atoms with E-state index in [2.05, 4.69) is 4.76 Å². The number of nitrogens with zero attached hydrogens (tertiary/aromatic N) is 2. The first kappa shape index (κ1) is 34.4. The maximum atomic E-state index is 13.1. The number of carbonyl (C=O) groups is 3. The molecule has 0 saturated carbocycles. The smallest absolute Gasteiger partial charge is 0.464 e. The van der Waals surface area contributed by atoms with Gasteiger partial charge in [0.2, 0.25) is 5.96 Å². The summed E-state index contributed by atoms with van der Waals surface area (Å²) in [5.41, 5.74) is 5.87. The summed E-state index contributed by atoms with van der Waals surface area (Å²) in [6.45, 7) is 4.98. The zero-order chi connectivity index (χ0) is 27.9. The predicted octanol–water partition coefficient (Wildman–Crippen LogP) is 3.62. The van der Waals surface area contributed by atoms with Crippen molar-refractivity contribution in [2.24, 2.45) is 10.5 Å². The standard InChI is InChI=1S/C22H42N3O11P/c1-5-8-11-30-19(26)18-25(4)20(23)24-37(29,35-16-14-33-21(27)31-12-9-6-2)36-17-15-34-22(28)32-13-10-7-3/h5-18H2,1-4H3,(H2,23,24,29). The molecule has 15 heteroatoms. The number of nitrogens with two attached hydrogens (primary N) is 1. The molecule has 0 atom stereocenters. The first-order valence-corrected chi connectivity index (χ1v) is 13.9. The first-order valence-electron chi connectivity index (χ1n) is 12.4. The van der Waals surface area contributed by atoms with Gasteiger partial charge in [-0.1, -0.05) is 40.0 Å². The molecule has 0 aromatic rings. The van der Waals surface area contributed by atoms with Crippen LogP contribution >= 0.6 is 7.75 Å². The van der Waals surface area contributed by atoms with Gasteiger partial charge in [-0.2, -0.15) is 0 Å². The first-order chi connectivity index (χ1) is 17.7. The summed E-state index contributed by atoms with van der Waals surface area (Å²) in [5, 5.41) is 0. The molecule has 0 bridgehead atoms. The van der Waals surface area contributed by atoms with Crippen LogP contribution in [-0.2, 0) is 42.1 Å². The minimum absolute atomic E-state index is 0.215. The van der Waals surface area contributed by atoms with E-state index in [9.17, 15) is 18.9 Å².